The molecule has 128 valence electrons. The Balaban J connectivity index is 1.44. The highest BCUT2D eigenvalue weighted by atomic mass is 32.2. The molecule has 1 aromatic carbocycles. The third kappa shape index (κ3) is 2.36. The zero-order chi connectivity index (χ0) is 17.7. The number of nitrogens with zero attached hydrogens (tertiary/aromatic N) is 2. The van der Waals surface area contributed by atoms with Gasteiger partial charge in [0, 0.05) is 11.4 Å². The quantitative estimate of drug-likeness (QED) is 0.635. The first-order chi connectivity index (χ1) is 12.0. The van der Waals surface area contributed by atoms with Crippen LogP contribution in [-0.2, 0) is 9.59 Å². The van der Waals surface area contributed by atoms with Crippen molar-refractivity contribution in [2.45, 2.75) is 24.6 Å². The Bertz CT molecular complexity index is 827. The zero-order valence-electron chi connectivity index (χ0n) is 13.1. The van der Waals surface area contributed by atoms with Gasteiger partial charge in [0.25, 0.3) is 11.8 Å². The van der Waals surface area contributed by atoms with Gasteiger partial charge in [-0.25, -0.2) is 4.79 Å². The molecule has 1 aromatic rings. The van der Waals surface area contributed by atoms with E-state index in [2.05, 4.69) is 0 Å². The number of carboxylic acid groups (broad SMARTS) is 1. The van der Waals surface area contributed by atoms with Gasteiger partial charge in [0.2, 0.25) is 5.91 Å². The fraction of sp³-hybridized carbons (Fsp3) is 0.294. The van der Waals surface area contributed by atoms with Crippen LogP contribution in [0.1, 0.15) is 40.0 Å². The van der Waals surface area contributed by atoms with Gasteiger partial charge in [0.1, 0.15) is 5.70 Å². The highest BCUT2D eigenvalue weighted by molar-refractivity contribution is 8.04. The van der Waals surface area contributed by atoms with Gasteiger partial charge in [-0.05, 0) is 25.0 Å². The minimum Gasteiger partial charge on any atom is -0.477 e. The van der Waals surface area contributed by atoms with Crippen molar-refractivity contribution in [2.24, 2.45) is 0 Å². The predicted molar refractivity (Wildman–Crippen MR) is 88.5 cm³/mol. The molecule has 1 fully saturated rings. The maximum Gasteiger partial charge on any atom is 0.353 e. The number of carbonyl (C=O) groups excluding carboxylic acids is 3. The summed E-state index contributed by atoms with van der Waals surface area (Å²) in [5, 5.41) is 9.24. The lowest BCUT2D eigenvalue weighted by Gasteiger charge is -2.33. The molecule has 0 saturated carbocycles. The van der Waals surface area contributed by atoms with E-state index in [9.17, 15) is 24.3 Å². The van der Waals surface area contributed by atoms with Crippen molar-refractivity contribution in [3.05, 3.63) is 46.0 Å². The number of amides is 3. The van der Waals surface area contributed by atoms with E-state index in [-0.39, 0.29) is 35.3 Å². The van der Waals surface area contributed by atoms with Gasteiger partial charge in [-0.3, -0.25) is 24.2 Å². The van der Waals surface area contributed by atoms with E-state index in [0.29, 0.717) is 35.3 Å². The van der Waals surface area contributed by atoms with E-state index in [4.69, 9.17) is 0 Å². The van der Waals surface area contributed by atoms with Crippen molar-refractivity contribution in [1.82, 2.24) is 9.80 Å². The Labute approximate surface area is 147 Å². The van der Waals surface area contributed by atoms with E-state index in [0.717, 1.165) is 0 Å². The number of hydrogen-bond acceptors (Lipinski definition) is 5. The van der Waals surface area contributed by atoms with Gasteiger partial charge in [-0.15, -0.1) is 11.8 Å². The molecule has 3 heterocycles. The highest BCUT2D eigenvalue weighted by Gasteiger charge is 2.48. The molecule has 0 aliphatic carbocycles. The monoisotopic (exact) mass is 358 g/mol. The smallest absolute Gasteiger partial charge is 0.353 e. The molecule has 1 atom stereocenters. The summed E-state index contributed by atoms with van der Waals surface area (Å²) < 4.78 is 0. The standard InChI is InChI=1S/C17H14N2O5S/c20-12-8-13-19(12)14(17(23)24)11(25-13)6-3-7-18-15(21)9-4-1-2-5-10(9)16(18)22/h1-2,4-5,13H,3,6-8H2,(H,23,24)/t13-/m1/s1. The topological polar surface area (TPSA) is 95.0 Å². The van der Waals surface area contributed by atoms with Crippen molar-refractivity contribution in [3.8, 4) is 0 Å². The minimum absolute atomic E-state index is 0.0496. The summed E-state index contributed by atoms with van der Waals surface area (Å²) in [7, 11) is 0. The van der Waals surface area contributed by atoms with Crippen LogP contribution in [-0.4, -0.2) is 50.5 Å². The van der Waals surface area contributed by atoms with Gasteiger partial charge in [0.15, 0.2) is 0 Å². The molecule has 0 unspecified atom stereocenters. The van der Waals surface area contributed by atoms with Crippen LogP contribution in [0.3, 0.4) is 0 Å². The van der Waals surface area contributed by atoms with E-state index in [1.807, 2.05) is 0 Å². The number of fused-ring (bicyclic) bond motifs is 2. The molecule has 4 rings (SSSR count). The second-order valence-electron chi connectivity index (χ2n) is 6.03. The van der Waals surface area contributed by atoms with Crippen LogP contribution < -0.4 is 0 Å². The summed E-state index contributed by atoms with van der Waals surface area (Å²) in [5.74, 6) is -1.92. The van der Waals surface area contributed by atoms with Crippen LogP contribution in [0, 0.1) is 0 Å². The summed E-state index contributed by atoms with van der Waals surface area (Å²) in [6.45, 7) is 0.224. The van der Waals surface area contributed by atoms with Crippen LogP contribution in [0.15, 0.2) is 34.9 Å². The molecule has 8 heteroatoms. The summed E-state index contributed by atoms with van der Waals surface area (Å²) in [6, 6.07) is 6.69. The van der Waals surface area contributed by atoms with Gasteiger partial charge >= 0.3 is 5.97 Å². The molecule has 0 spiro atoms. The maximum atomic E-state index is 12.3. The third-order valence-electron chi connectivity index (χ3n) is 4.56. The second-order valence-corrected chi connectivity index (χ2v) is 7.30. The van der Waals surface area contributed by atoms with Gasteiger partial charge in [-0.1, -0.05) is 12.1 Å². The van der Waals surface area contributed by atoms with E-state index >= 15 is 0 Å². The molecule has 3 aliphatic rings. The predicted octanol–water partition coefficient (Wildman–Crippen LogP) is 1.66. The SMILES string of the molecule is O=C(O)C1=C(CCCN2C(=O)c3ccccc3C2=O)S[C@@H]2CC(=O)N12. The van der Waals surface area contributed by atoms with Gasteiger partial charge in [0.05, 0.1) is 22.9 Å². The van der Waals surface area contributed by atoms with Crippen molar-refractivity contribution in [1.29, 1.82) is 0 Å². The highest BCUT2D eigenvalue weighted by Crippen LogP contribution is 2.47. The molecule has 1 N–H and O–H groups in total. The molecule has 1 saturated heterocycles. The normalized spacial score (nSPS) is 21.6. The number of aliphatic carboxylic acids is 1. The first-order valence-corrected chi connectivity index (χ1v) is 8.77. The summed E-state index contributed by atoms with van der Waals surface area (Å²) in [6.07, 6.45) is 1.22. The van der Waals surface area contributed by atoms with Crippen molar-refractivity contribution in [3.63, 3.8) is 0 Å². The van der Waals surface area contributed by atoms with Crippen LogP contribution in [0.2, 0.25) is 0 Å². The third-order valence-corrected chi connectivity index (χ3v) is 5.89. The molecule has 0 aromatic heterocycles. The second kappa shape index (κ2) is 5.73. The van der Waals surface area contributed by atoms with E-state index in [1.54, 1.807) is 24.3 Å². The molecule has 3 amide bonds. The van der Waals surface area contributed by atoms with Crippen molar-refractivity contribution in [2.75, 3.05) is 6.54 Å². The first kappa shape index (κ1) is 15.9. The van der Waals surface area contributed by atoms with Crippen LogP contribution in [0.4, 0.5) is 0 Å². The van der Waals surface area contributed by atoms with Crippen molar-refractivity contribution < 1.29 is 24.3 Å². The molecule has 0 radical (unpaired) electrons. The Morgan fingerprint density at radius 2 is 1.80 bits per heavy atom. The van der Waals surface area contributed by atoms with Gasteiger partial charge < -0.3 is 5.11 Å². The minimum atomic E-state index is -1.11. The number of carbonyl (C=O) groups is 4. The average Bonchev–Trinajstić information content (AvgIpc) is 3.02. The zero-order valence-corrected chi connectivity index (χ0v) is 13.9. The lowest BCUT2D eigenvalue weighted by atomic mass is 10.1. The van der Waals surface area contributed by atoms with Crippen LogP contribution in [0.5, 0.6) is 0 Å². The molecular formula is C17H14N2O5S. The summed E-state index contributed by atoms with van der Waals surface area (Å²) in [4.78, 5) is 50.8. The van der Waals surface area contributed by atoms with E-state index in [1.165, 1.54) is 21.6 Å². The number of imide groups is 1. The number of β-lactam (4-membered cyclic amide) rings is 1. The maximum absolute atomic E-state index is 12.3. The summed E-state index contributed by atoms with van der Waals surface area (Å²) in [5.41, 5.74) is 0.861. The van der Waals surface area contributed by atoms with Crippen LogP contribution >= 0.6 is 11.8 Å². The largest absolute Gasteiger partial charge is 0.477 e. The number of thioether (sulfide) groups is 1. The Morgan fingerprint density at radius 3 is 2.36 bits per heavy atom. The molecule has 7 nitrogen and oxygen atoms in total. The number of rotatable bonds is 5. The Morgan fingerprint density at radius 1 is 1.16 bits per heavy atom. The van der Waals surface area contributed by atoms with E-state index < -0.39 is 5.97 Å². The Hall–Kier alpha value is -2.61. The molecule has 25 heavy (non-hydrogen) atoms. The number of allylic oxidation sites excluding steroid dienone is 1. The fourth-order valence-corrected chi connectivity index (χ4v) is 4.79. The molecule has 3 aliphatic heterocycles. The van der Waals surface area contributed by atoms with Crippen LogP contribution in [0.25, 0.3) is 0 Å². The number of hydrogen-bond donors (Lipinski definition) is 1. The first-order valence-electron chi connectivity index (χ1n) is 7.89. The Kier molecular flexibility index (Phi) is 3.64. The number of benzene rings is 1. The lowest BCUT2D eigenvalue weighted by molar-refractivity contribution is -0.145. The fourth-order valence-electron chi connectivity index (χ4n) is 3.34. The number of carboxylic acids is 1. The average molecular weight is 358 g/mol. The van der Waals surface area contributed by atoms with Gasteiger partial charge in [-0.2, -0.15) is 0 Å². The summed E-state index contributed by atoms with van der Waals surface area (Å²) >= 11 is 1.39. The lowest BCUT2D eigenvalue weighted by Crippen LogP contribution is -2.48. The molecular weight excluding hydrogens is 344 g/mol. The molecule has 0 bridgehead atoms. The van der Waals surface area contributed by atoms with Crippen molar-refractivity contribution >= 4 is 35.5 Å².